The van der Waals surface area contributed by atoms with E-state index in [4.69, 9.17) is 4.74 Å². The third-order valence-corrected chi connectivity index (χ3v) is 4.66. The maximum absolute atomic E-state index is 11.3. The third-order valence-electron chi connectivity index (χ3n) is 3.12. The molecule has 3 nitrogen and oxygen atoms in total. The van der Waals surface area contributed by atoms with Crippen LogP contribution >= 0.6 is 11.8 Å². The molecule has 17 heavy (non-hydrogen) atoms. The molecule has 1 rings (SSSR count). The molecule has 0 saturated carbocycles. The van der Waals surface area contributed by atoms with Crippen molar-refractivity contribution in [3.05, 3.63) is 11.6 Å². The van der Waals surface area contributed by atoms with Crippen LogP contribution in [0.1, 0.15) is 33.1 Å². The zero-order valence-electron chi connectivity index (χ0n) is 11.0. The monoisotopic (exact) mass is 257 g/mol. The van der Waals surface area contributed by atoms with Gasteiger partial charge in [-0.05, 0) is 31.9 Å². The molecule has 1 aliphatic heterocycles. The fourth-order valence-corrected chi connectivity index (χ4v) is 3.29. The second kappa shape index (κ2) is 7.07. The molecule has 0 aromatic heterocycles. The highest BCUT2D eigenvalue weighted by Gasteiger charge is 2.28. The fourth-order valence-electron chi connectivity index (χ4n) is 2.01. The fraction of sp³-hybridized carbons (Fsp3) is 0.769. The lowest BCUT2D eigenvalue weighted by Crippen LogP contribution is -2.33. The second-order valence-corrected chi connectivity index (χ2v) is 6.29. The Morgan fingerprint density at radius 3 is 2.88 bits per heavy atom. The zero-order valence-corrected chi connectivity index (χ0v) is 11.9. The summed E-state index contributed by atoms with van der Waals surface area (Å²) >= 11 is 2.05. The van der Waals surface area contributed by atoms with Crippen LogP contribution in [0.2, 0.25) is 0 Å². The summed E-state index contributed by atoms with van der Waals surface area (Å²) < 4.78 is 5.09. The number of ether oxygens (including phenoxy) is 1. The molecule has 1 fully saturated rings. The number of thioether (sulfide) groups is 1. The molecule has 1 N–H and O–H groups in total. The number of nitrogens with one attached hydrogen (secondary N) is 1. The van der Waals surface area contributed by atoms with Gasteiger partial charge in [0, 0.05) is 23.4 Å². The highest BCUT2D eigenvalue weighted by atomic mass is 32.2. The predicted molar refractivity (Wildman–Crippen MR) is 73.4 cm³/mol. The molecule has 4 heteroatoms. The first-order valence-corrected chi connectivity index (χ1v) is 7.22. The Kier molecular flexibility index (Phi) is 6.06. The number of methoxy groups -OCH3 is 1. The standard InChI is InChI=1S/C13H23NO2S/c1-4-11(12(15)16-3)6-8-14-10-13(2)7-5-9-17-13/h6,14H,4-5,7-10H2,1-3H3. The van der Waals surface area contributed by atoms with E-state index in [1.54, 1.807) is 0 Å². The third kappa shape index (κ3) is 4.72. The Morgan fingerprint density at radius 2 is 2.35 bits per heavy atom. The minimum atomic E-state index is -0.212. The quantitative estimate of drug-likeness (QED) is 0.450. The minimum absolute atomic E-state index is 0.212. The molecular formula is C13H23NO2S. The van der Waals surface area contributed by atoms with Crippen molar-refractivity contribution in [3.63, 3.8) is 0 Å². The Balaban J connectivity index is 2.30. The van der Waals surface area contributed by atoms with Gasteiger partial charge in [0.1, 0.15) is 0 Å². The molecule has 0 amide bonds. The minimum Gasteiger partial charge on any atom is -0.466 e. The number of esters is 1. The number of rotatable bonds is 6. The van der Waals surface area contributed by atoms with Crippen molar-refractivity contribution < 1.29 is 9.53 Å². The van der Waals surface area contributed by atoms with Crippen molar-refractivity contribution in [3.8, 4) is 0 Å². The van der Waals surface area contributed by atoms with Crippen LogP contribution in [-0.4, -0.2) is 36.7 Å². The molecule has 1 heterocycles. The van der Waals surface area contributed by atoms with Crippen molar-refractivity contribution in [1.29, 1.82) is 0 Å². The van der Waals surface area contributed by atoms with E-state index in [2.05, 4.69) is 12.2 Å². The summed E-state index contributed by atoms with van der Waals surface area (Å²) in [5.41, 5.74) is 0.754. The van der Waals surface area contributed by atoms with E-state index in [1.807, 2.05) is 24.8 Å². The van der Waals surface area contributed by atoms with Gasteiger partial charge in [-0.15, -0.1) is 0 Å². The number of carbonyl (C=O) groups excluding carboxylic acids is 1. The Morgan fingerprint density at radius 1 is 1.59 bits per heavy atom. The van der Waals surface area contributed by atoms with Gasteiger partial charge in [-0.2, -0.15) is 11.8 Å². The number of hydrogen-bond acceptors (Lipinski definition) is 4. The summed E-state index contributed by atoms with van der Waals surface area (Å²) in [6, 6.07) is 0. The highest BCUT2D eigenvalue weighted by Crippen LogP contribution is 2.36. The maximum Gasteiger partial charge on any atom is 0.333 e. The average Bonchev–Trinajstić information content (AvgIpc) is 2.76. The lowest BCUT2D eigenvalue weighted by Gasteiger charge is -2.22. The summed E-state index contributed by atoms with van der Waals surface area (Å²) in [6.07, 6.45) is 5.27. The van der Waals surface area contributed by atoms with Crippen LogP contribution in [-0.2, 0) is 9.53 Å². The van der Waals surface area contributed by atoms with Crippen molar-refractivity contribution in [2.75, 3.05) is 26.0 Å². The molecule has 0 aromatic carbocycles. The van der Waals surface area contributed by atoms with Gasteiger partial charge in [0.2, 0.25) is 0 Å². The normalized spacial score (nSPS) is 25.0. The molecule has 1 atom stereocenters. The van der Waals surface area contributed by atoms with E-state index in [1.165, 1.54) is 25.7 Å². The number of carbonyl (C=O) groups is 1. The van der Waals surface area contributed by atoms with Crippen LogP contribution in [0, 0.1) is 0 Å². The number of hydrogen-bond donors (Lipinski definition) is 1. The Labute approximate surface area is 108 Å². The lowest BCUT2D eigenvalue weighted by atomic mass is 10.1. The van der Waals surface area contributed by atoms with Gasteiger partial charge in [-0.1, -0.05) is 13.0 Å². The Hall–Kier alpha value is -0.480. The van der Waals surface area contributed by atoms with Crippen molar-refractivity contribution in [2.45, 2.75) is 37.9 Å². The molecule has 1 aliphatic rings. The summed E-state index contributed by atoms with van der Waals surface area (Å²) in [7, 11) is 1.43. The van der Waals surface area contributed by atoms with Crippen LogP contribution in [0.5, 0.6) is 0 Å². The van der Waals surface area contributed by atoms with E-state index in [9.17, 15) is 4.79 Å². The lowest BCUT2D eigenvalue weighted by molar-refractivity contribution is -0.136. The molecule has 0 radical (unpaired) electrons. The van der Waals surface area contributed by atoms with Crippen LogP contribution < -0.4 is 5.32 Å². The van der Waals surface area contributed by atoms with Gasteiger partial charge in [-0.3, -0.25) is 0 Å². The van der Waals surface area contributed by atoms with E-state index in [-0.39, 0.29) is 5.97 Å². The van der Waals surface area contributed by atoms with Gasteiger partial charge in [0.25, 0.3) is 0 Å². The van der Waals surface area contributed by atoms with Crippen LogP contribution in [0.4, 0.5) is 0 Å². The Bertz CT molecular complexity index is 283. The van der Waals surface area contributed by atoms with Gasteiger partial charge >= 0.3 is 5.97 Å². The van der Waals surface area contributed by atoms with Crippen LogP contribution in [0.25, 0.3) is 0 Å². The summed E-state index contributed by atoms with van der Waals surface area (Å²) in [5, 5.41) is 3.41. The van der Waals surface area contributed by atoms with E-state index in [0.717, 1.165) is 25.1 Å². The van der Waals surface area contributed by atoms with Gasteiger partial charge in [0.15, 0.2) is 0 Å². The molecule has 0 aromatic rings. The molecule has 0 aliphatic carbocycles. The van der Waals surface area contributed by atoms with E-state index >= 15 is 0 Å². The molecule has 0 bridgehead atoms. The first kappa shape index (κ1) is 14.6. The predicted octanol–water partition coefficient (Wildman–Crippen LogP) is 2.37. The molecule has 0 spiro atoms. The average molecular weight is 257 g/mol. The zero-order chi connectivity index (χ0) is 12.7. The summed E-state index contributed by atoms with van der Waals surface area (Å²) in [5.74, 6) is 1.06. The van der Waals surface area contributed by atoms with Crippen molar-refractivity contribution in [1.82, 2.24) is 5.32 Å². The summed E-state index contributed by atoms with van der Waals surface area (Å²) in [4.78, 5) is 11.3. The SMILES string of the molecule is CCC(=CCNCC1(C)CCCS1)C(=O)OC. The molecule has 1 saturated heterocycles. The van der Waals surface area contributed by atoms with E-state index < -0.39 is 0 Å². The topological polar surface area (TPSA) is 38.3 Å². The van der Waals surface area contributed by atoms with Crippen LogP contribution in [0.15, 0.2) is 11.6 Å². The molecule has 98 valence electrons. The highest BCUT2D eigenvalue weighted by molar-refractivity contribution is 8.00. The van der Waals surface area contributed by atoms with E-state index in [0.29, 0.717) is 4.75 Å². The van der Waals surface area contributed by atoms with Gasteiger partial charge in [-0.25, -0.2) is 4.79 Å². The second-order valence-electron chi connectivity index (χ2n) is 4.61. The van der Waals surface area contributed by atoms with Gasteiger partial charge in [0.05, 0.1) is 7.11 Å². The summed E-state index contributed by atoms with van der Waals surface area (Å²) in [6.45, 7) is 6.03. The maximum atomic E-state index is 11.3. The van der Waals surface area contributed by atoms with Crippen LogP contribution in [0.3, 0.4) is 0 Å². The van der Waals surface area contributed by atoms with Gasteiger partial charge < -0.3 is 10.1 Å². The first-order chi connectivity index (χ1) is 8.11. The largest absolute Gasteiger partial charge is 0.466 e. The molecule has 1 unspecified atom stereocenters. The smallest absolute Gasteiger partial charge is 0.333 e. The first-order valence-electron chi connectivity index (χ1n) is 6.23. The van der Waals surface area contributed by atoms with Crippen molar-refractivity contribution in [2.24, 2.45) is 0 Å². The molecular weight excluding hydrogens is 234 g/mol. The van der Waals surface area contributed by atoms with Crippen molar-refractivity contribution >= 4 is 17.7 Å².